The van der Waals surface area contributed by atoms with Crippen LogP contribution in [0.5, 0.6) is 0 Å². The smallest absolute Gasteiger partial charge is 0.231 e. The second-order valence-electron chi connectivity index (χ2n) is 7.34. The molecule has 5 nitrogen and oxygen atoms in total. The lowest BCUT2D eigenvalue weighted by molar-refractivity contribution is -0.131. The number of hydrogen-bond donors (Lipinski definition) is 1. The van der Waals surface area contributed by atoms with Crippen LogP contribution in [0.15, 0.2) is 59.5 Å². The van der Waals surface area contributed by atoms with Gasteiger partial charge in [0.25, 0.3) is 0 Å². The van der Waals surface area contributed by atoms with Crippen molar-refractivity contribution in [3.8, 4) is 0 Å². The van der Waals surface area contributed by atoms with Gasteiger partial charge in [0.15, 0.2) is 9.84 Å². The highest BCUT2D eigenvalue weighted by Gasteiger charge is 2.42. The zero-order valence-corrected chi connectivity index (χ0v) is 17.2. The Labute approximate surface area is 167 Å². The normalized spacial score (nSPS) is 17.6. The van der Waals surface area contributed by atoms with Crippen molar-refractivity contribution >= 4 is 15.7 Å². The first-order valence-electron chi connectivity index (χ1n) is 9.61. The molecule has 1 atom stereocenters. The van der Waals surface area contributed by atoms with E-state index >= 15 is 0 Å². The highest BCUT2D eigenvalue weighted by atomic mass is 32.2. The lowest BCUT2D eigenvalue weighted by Gasteiger charge is -2.37. The molecule has 28 heavy (non-hydrogen) atoms. The topological polar surface area (TPSA) is 72.5 Å². The molecule has 0 spiro atoms. The Morgan fingerprint density at radius 2 is 1.68 bits per heavy atom. The highest BCUT2D eigenvalue weighted by Crippen LogP contribution is 2.36. The van der Waals surface area contributed by atoms with Crippen LogP contribution in [0.3, 0.4) is 0 Å². The summed E-state index contributed by atoms with van der Waals surface area (Å²) in [6.07, 6.45) is 3.19. The van der Waals surface area contributed by atoms with E-state index in [2.05, 4.69) is 5.32 Å². The molecule has 0 aliphatic carbocycles. The van der Waals surface area contributed by atoms with Crippen LogP contribution in [0.1, 0.15) is 43.4 Å². The Kier molecular flexibility index (Phi) is 6.20. The first kappa shape index (κ1) is 20.6. The maximum absolute atomic E-state index is 13.4. The average molecular weight is 402 g/mol. The van der Waals surface area contributed by atoms with Crippen LogP contribution >= 0.6 is 0 Å². The van der Waals surface area contributed by atoms with Crippen molar-refractivity contribution in [3.05, 3.63) is 65.7 Å². The zero-order chi connectivity index (χ0) is 20.2. The molecule has 1 saturated heterocycles. The summed E-state index contributed by atoms with van der Waals surface area (Å²) in [7, 11) is -3.24. The molecule has 0 saturated carbocycles. The molecule has 3 rings (SSSR count). The summed E-state index contributed by atoms with van der Waals surface area (Å²) in [5, 5.41) is 3.21. The summed E-state index contributed by atoms with van der Waals surface area (Å²) in [5.41, 5.74) is 1.32. The van der Waals surface area contributed by atoms with Crippen LogP contribution in [0.4, 0.5) is 0 Å². The molecule has 2 aromatic carbocycles. The van der Waals surface area contributed by atoms with Gasteiger partial charge in [0.05, 0.1) is 16.4 Å². The van der Waals surface area contributed by atoms with Gasteiger partial charge in [0.2, 0.25) is 5.91 Å². The molecule has 1 aliphatic rings. The molecule has 1 heterocycles. The second-order valence-corrected chi connectivity index (χ2v) is 9.35. The minimum absolute atomic E-state index is 0.000963. The Hall–Kier alpha value is -2.18. The predicted molar refractivity (Wildman–Crippen MR) is 109 cm³/mol. The molecule has 150 valence electrons. The maximum atomic E-state index is 13.4. The molecule has 0 aromatic heterocycles. The van der Waals surface area contributed by atoms with E-state index in [4.69, 9.17) is 4.74 Å². The largest absolute Gasteiger partial charge is 0.381 e. The molecule has 2 aromatic rings. The molecular weight excluding hydrogens is 374 g/mol. The molecule has 1 N–H and O–H groups in total. The van der Waals surface area contributed by atoms with E-state index in [1.807, 2.05) is 37.3 Å². The number of carbonyl (C=O) groups excluding carboxylic acids is 1. The van der Waals surface area contributed by atoms with Crippen LogP contribution in [-0.4, -0.2) is 33.8 Å². The number of benzene rings is 2. The number of carbonyl (C=O) groups is 1. The first-order valence-corrected chi connectivity index (χ1v) is 11.5. The SMILES string of the molecule is CC[C@@H](NC(=O)C1(c2ccccc2)CCOCC1)c1ccc(S(C)(=O)=O)cc1. The number of amides is 1. The van der Waals surface area contributed by atoms with E-state index in [1.165, 1.54) is 6.26 Å². The summed E-state index contributed by atoms with van der Waals surface area (Å²) in [5.74, 6) is 0.000963. The zero-order valence-electron chi connectivity index (χ0n) is 16.4. The highest BCUT2D eigenvalue weighted by molar-refractivity contribution is 7.90. The average Bonchev–Trinajstić information content (AvgIpc) is 2.72. The van der Waals surface area contributed by atoms with Gasteiger partial charge in [0.1, 0.15) is 0 Å². The Morgan fingerprint density at radius 1 is 1.07 bits per heavy atom. The number of ether oxygens (including phenoxy) is 1. The lowest BCUT2D eigenvalue weighted by Crippen LogP contribution is -2.48. The summed E-state index contributed by atoms with van der Waals surface area (Å²) in [4.78, 5) is 13.7. The summed E-state index contributed by atoms with van der Waals surface area (Å²) < 4.78 is 28.9. The van der Waals surface area contributed by atoms with Crippen LogP contribution in [0.25, 0.3) is 0 Å². The van der Waals surface area contributed by atoms with Gasteiger partial charge in [-0.1, -0.05) is 49.4 Å². The molecule has 1 fully saturated rings. The van der Waals surface area contributed by atoms with Crippen LogP contribution < -0.4 is 5.32 Å². The Balaban J connectivity index is 1.85. The van der Waals surface area contributed by atoms with Crippen molar-refractivity contribution < 1.29 is 17.9 Å². The predicted octanol–water partition coefficient (Wildman–Crippen LogP) is 3.41. The van der Waals surface area contributed by atoms with Crippen LogP contribution in [0, 0.1) is 0 Å². The third kappa shape index (κ3) is 4.28. The van der Waals surface area contributed by atoms with E-state index in [0.29, 0.717) is 32.5 Å². The monoisotopic (exact) mass is 401 g/mol. The van der Waals surface area contributed by atoms with E-state index in [-0.39, 0.29) is 16.8 Å². The molecule has 6 heteroatoms. The van der Waals surface area contributed by atoms with E-state index in [1.54, 1.807) is 24.3 Å². The van der Waals surface area contributed by atoms with Crippen molar-refractivity contribution in [1.82, 2.24) is 5.32 Å². The number of nitrogens with one attached hydrogen (secondary N) is 1. The fourth-order valence-electron chi connectivity index (χ4n) is 3.79. The Morgan fingerprint density at radius 3 is 2.21 bits per heavy atom. The van der Waals surface area contributed by atoms with Gasteiger partial charge in [-0.3, -0.25) is 4.79 Å². The molecular formula is C22H27NO4S. The van der Waals surface area contributed by atoms with Crippen molar-refractivity contribution in [2.75, 3.05) is 19.5 Å². The number of sulfone groups is 1. The van der Waals surface area contributed by atoms with Gasteiger partial charge in [-0.15, -0.1) is 0 Å². The first-order chi connectivity index (χ1) is 13.4. The van der Waals surface area contributed by atoms with Gasteiger partial charge < -0.3 is 10.1 Å². The van der Waals surface area contributed by atoms with E-state index < -0.39 is 15.3 Å². The molecule has 0 bridgehead atoms. The summed E-state index contributed by atoms with van der Waals surface area (Å²) >= 11 is 0. The summed E-state index contributed by atoms with van der Waals surface area (Å²) in [6, 6.07) is 16.5. The molecule has 0 radical (unpaired) electrons. The van der Waals surface area contributed by atoms with E-state index in [0.717, 1.165) is 11.1 Å². The number of hydrogen-bond acceptors (Lipinski definition) is 4. The Bertz CT molecular complexity index is 901. The van der Waals surface area contributed by atoms with E-state index in [9.17, 15) is 13.2 Å². The minimum atomic E-state index is -3.24. The fourth-order valence-corrected chi connectivity index (χ4v) is 4.42. The van der Waals surface area contributed by atoms with Crippen molar-refractivity contribution in [1.29, 1.82) is 0 Å². The van der Waals surface area contributed by atoms with Gasteiger partial charge >= 0.3 is 0 Å². The van der Waals surface area contributed by atoms with Gasteiger partial charge in [-0.2, -0.15) is 0 Å². The molecule has 1 amide bonds. The quantitative estimate of drug-likeness (QED) is 0.805. The fraction of sp³-hybridized carbons (Fsp3) is 0.409. The van der Waals surface area contributed by atoms with Crippen molar-refractivity contribution in [2.24, 2.45) is 0 Å². The third-order valence-electron chi connectivity index (χ3n) is 5.53. The lowest BCUT2D eigenvalue weighted by atomic mass is 9.73. The minimum Gasteiger partial charge on any atom is -0.381 e. The van der Waals surface area contributed by atoms with Crippen LogP contribution in [-0.2, 0) is 24.8 Å². The third-order valence-corrected chi connectivity index (χ3v) is 6.66. The van der Waals surface area contributed by atoms with Crippen LogP contribution in [0.2, 0.25) is 0 Å². The van der Waals surface area contributed by atoms with Crippen molar-refractivity contribution in [3.63, 3.8) is 0 Å². The molecule has 0 unspecified atom stereocenters. The summed E-state index contributed by atoms with van der Waals surface area (Å²) in [6.45, 7) is 3.12. The van der Waals surface area contributed by atoms with Gasteiger partial charge in [0, 0.05) is 19.5 Å². The standard InChI is InChI=1S/C22H27NO4S/c1-3-20(17-9-11-19(12-10-17)28(2,25)26)23-21(24)22(13-15-27-16-14-22)18-7-5-4-6-8-18/h4-12,20H,3,13-16H2,1-2H3,(H,23,24)/t20-/m1/s1. The van der Waals surface area contributed by atoms with Crippen molar-refractivity contribution in [2.45, 2.75) is 42.5 Å². The molecule has 1 aliphatic heterocycles. The van der Waals surface area contributed by atoms with Gasteiger partial charge in [-0.25, -0.2) is 8.42 Å². The van der Waals surface area contributed by atoms with Gasteiger partial charge in [-0.05, 0) is 42.5 Å². The number of rotatable bonds is 6. The maximum Gasteiger partial charge on any atom is 0.231 e. The second kappa shape index (κ2) is 8.45.